The lowest BCUT2D eigenvalue weighted by Gasteiger charge is -2.09. The van der Waals surface area contributed by atoms with Crippen molar-refractivity contribution < 1.29 is 18.3 Å². The average molecular weight is 369 g/mol. The Labute approximate surface area is 155 Å². The lowest BCUT2D eigenvalue weighted by Crippen LogP contribution is -2.16. The van der Waals surface area contributed by atoms with Crippen molar-refractivity contribution in [1.82, 2.24) is 0 Å². The van der Waals surface area contributed by atoms with Crippen LogP contribution >= 0.6 is 0 Å². The number of nitrogens with one attached hydrogen (secondary N) is 1. The predicted octanol–water partition coefficient (Wildman–Crippen LogP) is 4.13. The lowest BCUT2D eigenvalue weighted by molar-refractivity contribution is -0.116. The van der Waals surface area contributed by atoms with Gasteiger partial charge in [-0.25, -0.2) is 9.18 Å². The largest absolute Gasteiger partial charge is 0.497 e. The number of amides is 1. The van der Waals surface area contributed by atoms with Crippen LogP contribution in [-0.4, -0.2) is 13.0 Å². The summed E-state index contributed by atoms with van der Waals surface area (Å²) in [5.41, 5.74) is 2.10. The summed E-state index contributed by atoms with van der Waals surface area (Å²) < 4.78 is 24.1. The van der Waals surface area contributed by atoms with Crippen LogP contribution in [0.1, 0.15) is 23.1 Å². The molecule has 0 fully saturated rings. The second-order valence-corrected chi connectivity index (χ2v) is 6.37. The van der Waals surface area contributed by atoms with Crippen LogP contribution in [-0.2, 0) is 11.2 Å². The van der Waals surface area contributed by atoms with Gasteiger partial charge in [0.15, 0.2) is 0 Å². The molecule has 1 aromatic heterocycles. The quantitative estimate of drug-likeness (QED) is 0.687. The van der Waals surface area contributed by atoms with Gasteiger partial charge >= 0.3 is 5.63 Å². The molecule has 2 aromatic carbocycles. The Hall–Kier alpha value is -3.15. The normalized spacial score (nSPS) is 10.8. The maximum absolute atomic E-state index is 13.6. The number of fused-ring (bicyclic) bond motifs is 1. The Morgan fingerprint density at radius 3 is 2.67 bits per heavy atom. The molecule has 1 N–H and O–H groups in total. The van der Waals surface area contributed by atoms with Gasteiger partial charge in [-0.2, -0.15) is 0 Å². The summed E-state index contributed by atoms with van der Waals surface area (Å²) >= 11 is 0. The van der Waals surface area contributed by atoms with Crippen LogP contribution in [0.5, 0.6) is 5.75 Å². The van der Waals surface area contributed by atoms with Crippen molar-refractivity contribution in [3.05, 3.63) is 69.3 Å². The summed E-state index contributed by atoms with van der Waals surface area (Å²) in [5.74, 6) is -0.0800. The van der Waals surface area contributed by atoms with Crippen LogP contribution in [0, 0.1) is 19.7 Å². The van der Waals surface area contributed by atoms with Gasteiger partial charge in [-0.05, 0) is 55.7 Å². The molecule has 0 saturated carbocycles. The Morgan fingerprint density at radius 1 is 1.19 bits per heavy atom. The van der Waals surface area contributed by atoms with Crippen molar-refractivity contribution in [3.63, 3.8) is 0 Å². The van der Waals surface area contributed by atoms with Crippen molar-refractivity contribution in [2.75, 3.05) is 12.4 Å². The smallest absolute Gasteiger partial charge is 0.339 e. The van der Waals surface area contributed by atoms with Crippen LogP contribution in [0.4, 0.5) is 10.1 Å². The first-order chi connectivity index (χ1) is 12.9. The number of hydrogen-bond donors (Lipinski definition) is 1. The van der Waals surface area contributed by atoms with Crippen molar-refractivity contribution in [3.8, 4) is 5.75 Å². The van der Waals surface area contributed by atoms with Crippen LogP contribution < -0.4 is 15.7 Å². The zero-order chi connectivity index (χ0) is 19.6. The molecule has 3 aromatic rings. The first-order valence-corrected chi connectivity index (χ1v) is 8.55. The Balaban J connectivity index is 1.77. The van der Waals surface area contributed by atoms with Crippen molar-refractivity contribution in [1.29, 1.82) is 0 Å². The van der Waals surface area contributed by atoms with E-state index in [4.69, 9.17) is 9.15 Å². The number of carbonyl (C=O) groups is 1. The zero-order valence-electron chi connectivity index (χ0n) is 15.4. The van der Waals surface area contributed by atoms with E-state index in [1.807, 2.05) is 13.0 Å². The highest BCUT2D eigenvalue weighted by molar-refractivity contribution is 5.91. The maximum atomic E-state index is 13.6. The van der Waals surface area contributed by atoms with E-state index >= 15 is 0 Å². The van der Waals surface area contributed by atoms with Gasteiger partial charge in [0.25, 0.3) is 0 Å². The highest BCUT2D eigenvalue weighted by Gasteiger charge is 2.14. The number of ether oxygens (including phenoxy) is 1. The van der Waals surface area contributed by atoms with E-state index in [9.17, 15) is 14.0 Å². The number of carbonyl (C=O) groups excluding carboxylic acids is 1. The molecule has 1 heterocycles. The molecule has 140 valence electrons. The number of rotatable bonds is 5. The van der Waals surface area contributed by atoms with Crippen LogP contribution in [0.2, 0.25) is 0 Å². The Kier molecular flexibility index (Phi) is 5.26. The summed E-state index contributed by atoms with van der Waals surface area (Å²) in [7, 11) is 1.54. The molecule has 6 heteroatoms. The molecule has 0 aliphatic heterocycles. The average Bonchev–Trinajstić information content (AvgIpc) is 2.64. The van der Waals surface area contributed by atoms with Crippen molar-refractivity contribution in [2.45, 2.75) is 26.7 Å². The number of benzene rings is 2. The molecule has 1 amide bonds. The third-order valence-corrected chi connectivity index (χ3v) is 4.55. The van der Waals surface area contributed by atoms with Crippen LogP contribution in [0.15, 0.2) is 45.6 Å². The summed E-state index contributed by atoms with van der Waals surface area (Å²) in [6.07, 6.45) is 0.319. The summed E-state index contributed by atoms with van der Waals surface area (Å²) in [4.78, 5) is 24.5. The van der Waals surface area contributed by atoms with E-state index < -0.39 is 5.63 Å². The highest BCUT2D eigenvalue weighted by Crippen LogP contribution is 2.24. The molecule has 0 aliphatic carbocycles. The number of methoxy groups -OCH3 is 1. The second kappa shape index (κ2) is 7.61. The minimum absolute atomic E-state index is 0.0861. The van der Waals surface area contributed by atoms with Crippen molar-refractivity contribution in [2.24, 2.45) is 0 Å². The molecule has 3 rings (SSSR count). The monoisotopic (exact) mass is 369 g/mol. The van der Waals surface area contributed by atoms with Gasteiger partial charge < -0.3 is 14.5 Å². The Bertz CT molecular complexity index is 1070. The molecule has 0 bridgehead atoms. The van der Waals surface area contributed by atoms with Crippen molar-refractivity contribution >= 4 is 22.6 Å². The van der Waals surface area contributed by atoms with E-state index in [2.05, 4.69) is 5.32 Å². The number of halogens is 1. The molecule has 0 unspecified atom stereocenters. The van der Waals surface area contributed by atoms with E-state index in [0.717, 1.165) is 10.9 Å². The number of anilines is 1. The van der Waals surface area contributed by atoms with Gasteiger partial charge in [0.1, 0.15) is 17.1 Å². The van der Waals surface area contributed by atoms with Gasteiger partial charge in [-0.1, -0.05) is 6.07 Å². The van der Waals surface area contributed by atoms with Gasteiger partial charge in [-0.15, -0.1) is 0 Å². The fraction of sp³-hybridized carbons (Fsp3) is 0.238. The molecule has 0 radical (unpaired) electrons. The molecule has 0 atom stereocenters. The fourth-order valence-electron chi connectivity index (χ4n) is 2.92. The molecular formula is C21H20FNO4. The zero-order valence-corrected chi connectivity index (χ0v) is 15.4. The van der Waals surface area contributed by atoms with E-state index in [0.29, 0.717) is 28.1 Å². The highest BCUT2D eigenvalue weighted by atomic mass is 19.1. The van der Waals surface area contributed by atoms with E-state index in [-0.39, 0.29) is 24.6 Å². The van der Waals surface area contributed by atoms with E-state index in [1.54, 1.807) is 38.3 Å². The van der Waals surface area contributed by atoms with E-state index in [1.165, 1.54) is 6.07 Å². The molecule has 0 saturated heterocycles. The molecule has 0 aliphatic rings. The molecule has 0 spiro atoms. The van der Waals surface area contributed by atoms with Gasteiger partial charge in [-0.3, -0.25) is 4.79 Å². The lowest BCUT2D eigenvalue weighted by atomic mass is 10.0. The minimum Gasteiger partial charge on any atom is -0.497 e. The van der Waals surface area contributed by atoms with Gasteiger partial charge in [0.05, 0.1) is 7.11 Å². The second-order valence-electron chi connectivity index (χ2n) is 6.37. The standard InChI is InChI=1S/C21H20FNO4/c1-12-4-5-14(10-18(12)22)23-20(24)9-8-17-13(2)16-7-6-15(26-3)11-19(16)27-21(17)25/h4-7,10-11H,8-9H2,1-3H3,(H,23,24). The van der Waals surface area contributed by atoms with Crippen LogP contribution in [0.3, 0.4) is 0 Å². The topological polar surface area (TPSA) is 68.5 Å². The minimum atomic E-state index is -0.470. The van der Waals surface area contributed by atoms with Gasteiger partial charge in [0, 0.05) is 29.1 Å². The first-order valence-electron chi connectivity index (χ1n) is 8.55. The molecule has 5 nitrogen and oxygen atoms in total. The summed E-state index contributed by atoms with van der Waals surface area (Å²) in [6.45, 7) is 3.48. The summed E-state index contributed by atoms with van der Waals surface area (Å²) in [5, 5.41) is 3.44. The van der Waals surface area contributed by atoms with Crippen LogP contribution in [0.25, 0.3) is 11.0 Å². The van der Waals surface area contributed by atoms with Gasteiger partial charge in [0.2, 0.25) is 5.91 Å². The summed E-state index contributed by atoms with van der Waals surface area (Å²) in [6, 6.07) is 9.78. The maximum Gasteiger partial charge on any atom is 0.339 e. The third-order valence-electron chi connectivity index (χ3n) is 4.55. The third kappa shape index (κ3) is 4.00. The fourth-order valence-corrected chi connectivity index (χ4v) is 2.92. The predicted molar refractivity (Wildman–Crippen MR) is 102 cm³/mol. The molecule has 27 heavy (non-hydrogen) atoms. The molecular weight excluding hydrogens is 349 g/mol. The number of hydrogen-bond acceptors (Lipinski definition) is 4. The SMILES string of the molecule is COc1ccc2c(C)c(CCC(=O)Nc3ccc(C)c(F)c3)c(=O)oc2c1. The Morgan fingerprint density at radius 2 is 1.96 bits per heavy atom. The first kappa shape index (κ1) is 18.6. The number of aryl methyl sites for hydroxylation is 2.